The van der Waals surface area contributed by atoms with Crippen LogP contribution in [-0.2, 0) is 6.54 Å². The van der Waals surface area contributed by atoms with Crippen molar-refractivity contribution in [3.05, 3.63) is 36.4 Å². The van der Waals surface area contributed by atoms with Crippen LogP contribution in [0.15, 0.2) is 30.9 Å². The molecular formula is C13H16N8O. The lowest BCUT2D eigenvalue weighted by Gasteiger charge is -2.04. The fourth-order valence-corrected chi connectivity index (χ4v) is 1.92. The van der Waals surface area contributed by atoms with E-state index in [1.165, 1.54) is 0 Å². The van der Waals surface area contributed by atoms with E-state index in [9.17, 15) is 4.79 Å². The molecule has 3 rings (SSSR count). The summed E-state index contributed by atoms with van der Waals surface area (Å²) in [6.45, 7) is 4.29. The number of nitrogens with one attached hydrogen (secondary N) is 2. The highest BCUT2D eigenvalue weighted by Crippen LogP contribution is 2.08. The quantitative estimate of drug-likeness (QED) is 0.754. The van der Waals surface area contributed by atoms with Crippen LogP contribution in [0.4, 0.5) is 10.6 Å². The molecule has 22 heavy (non-hydrogen) atoms. The van der Waals surface area contributed by atoms with Gasteiger partial charge in [-0.25, -0.2) is 19.0 Å². The van der Waals surface area contributed by atoms with Gasteiger partial charge in [0.15, 0.2) is 11.5 Å². The standard InChI is InChI=1S/C13H16N8O/c1-9(2)21-8-11(18-19-21)17-13(22)15-6-10-7-16-20-5-3-4-14-12(10)20/h3-5,7-9H,6H2,1-2H3,(H2,15,17,22). The third-order valence-corrected chi connectivity index (χ3v) is 3.07. The van der Waals surface area contributed by atoms with Crippen LogP contribution in [0.5, 0.6) is 0 Å². The molecule has 0 saturated heterocycles. The van der Waals surface area contributed by atoms with E-state index in [2.05, 4.69) is 31.0 Å². The maximum atomic E-state index is 11.9. The first-order valence-electron chi connectivity index (χ1n) is 6.87. The lowest BCUT2D eigenvalue weighted by atomic mass is 10.3. The van der Waals surface area contributed by atoms with E-state index in [1.807, 2.05) is 13.8 Å². The molecular weight excluding hydrogens is 284 g/mol. The molecule has 0 spiro atoms. The van der Waals surface area contributed by atoms with Crippen LogP contribution in [0.1, 0.15) is 25.5 Å². The summed E-state index contributed by atoms with van der Waals surface area (Å²) in [4.78, 5) is 16.1. The van der Waals surface area contributed by atoms with Crippen molar-refractivity contribution in [3.63, 3.8) is 0 Å². The number of aromatic nitrogens is 6. The van der Waals surface area contributed by atoms with Gasteiger partial charge in [0.2, 0.25) is 0 Å². The molecule has 0 aliphatic carbocycles. The minimum atomic E-state index is -0.355. The monoisotopic (exact) mass is 300 g/mol. The van der Waals surface area contributed by atoms with E-state index in [0.717, 1.165) is 5.56 Å². The summed E-state index contributed by atoms with van der Waals surface area (Å²) in [6.07, 6.45) is 6.85. The Kier molecular flexibility index (Phi) is 3.69. The number of nitrogens with zero attached hydrogens (tertiary/aromatic N) is 6. The molecule has 3 aromatic rings. The normalized spacial score (nSPS) is 11.0. The van der Waals surface area contributed by atoms with Crippen LogP contribution in [0.3, 0.4) is 0 Å². The summed E-state index contributed by atoms with van der Waals surface area (Å²) < 4.78 is 3.33. The maximum absolute atomic E-state index is 11.9. The molecule has 114 valence electrons. The third kappa shape index (κ3) is 2.87. The Labute approximate surface area is 126 Å². The molecule has 9 heteroatoms. The molecule has 0 aliphatic heterocycles. The second-order valence-electron chi connectivity index (χ2n) is 5.04. The van der Waals surface area contributed by atoms with Crippen molar-refractivity contribution >= 4 is 17.5 Å². The number of anilines is 1. The number of hydrogen-bond donors (Lipinski definition) is 2. The van der Waals surface area contributed by atoms with Crippen molar-refractivity contribution in [2.75, 3.05) is 5.32 Å². The van der Waals surface area contributed by atoms with Crippen LogP contribution in [0.25, 0.3) is 5.65 Å². The Balaban J connectivity index is 1.60. The van der Waals surface area contributed by atoms with Gasteiger partial charge in [0.25, 0.3) is 0 Å². The average molecular weight is 300 g/mol. The van der Waals surface area contributed by atoms with Crippen molar-refractivity contribution in [2.45, 2.75) is 26.4 Å². The molecule has 2 amide bonds. The SMILES string of the molecule is CC(C)n1cc(NC(=O)NCc2cnn3cccnc23)nn1. The molecule has 2 N–H and O–H groups in total. The minimum Gasteiger partial charge on any atom is -0.334 e. The van der Waals surface area contributed by atoms with Crippen molar-refractivity contribution < 1.29 is 4.79 Å². The first-order chi connectivity index (χ1) is 10.6. The maximum Gasteiger partial charge on any atom is 0.320 e. The van der Waals surface area contributed by atoms with Gasteiger partial charge in [0.05, 0.1) is 12.4 Å². The Morgan fingerprint density at radius 1 is 1.41 bits per heavy atom. The number of urea groups is 1. The van der Waals surface area contributed by atoms with Crippen LogP contribution in [-0.4, -0.2) is 35.6 Å². The van der Waals surface area contributed by atoms with Crippen molar-refractivity contribution in [3.8, 4) is 0 Å². The fourth-order valence-electron chi connectivity index (χ4n) is 1.92. The molecule has 0 aromatic carbocycles. The minimum absolute atomic E-state index is 0.191. The van der Waals surface area contributed by atoms with E-state index in [1.54, 1.807) is 40.1 Å². The predicted octanol–water partition coefficient (Wildman–Crippen LogP) is 1.22. The van der Waals surface area contributed by atoms with E-state index in [0.29, 0.717) is 18.0 Å². The van der Waals surface area contributed by atoms with Gasteiger partial charge in [-0.15, -0.1) is 5.10 Å². The third-order valence-electron chi connectivity index (χ3n) is 3.07. The first kappa shape index (κ1) is 14.0. The Bertz CT molecular complexity index is 790. The fraction of sp³-hybridized carbons (Fsp3) is 0.308. The lowest BCUT2D eigenvalue weighted by molar-refractivity contribution is 0.251. The van der Waals surface area contributed by atoms with Crippen molar-refractivity contribution in [1.82, 2.24) is 34.9 Å². The number of fused-ring (bicyclic) bond motifs is 1. The van der Waals surface area contributed by atoms with Gasteiger partial charge in [0.1, 0.15) is 0 Å². The molecule has 3 heterocycles. The first-order valence-corrected chi connectivity index (χ1v) is 6.87. The molecule has 9 nitrogen and oxygen atoms in total. The highest BCUT2D eigenvalue weighted by atomic mass is 16.2. The number of hydrogen-bond acceptors (Lipinski definition) is 5. The van der Waals surface area contributed by atoms with Gasteiger partial charge in [-0.3, -0.25) is 5.32 Å². The van der Waals surface area contributed by atoms with E-state index in [-0.39, 0.29) is 12.1 Å². The molecule has 3 aromatic heterocycles. The molecule has 0 aliphatic rings. The molecule has 0 unspecified atom stereocenters. The summed E-state index contributed by atoms with van der Waals surface area (Å²) in [5.41, 5.74) is 1.55. The Morgan fingerprint density at radius 3 is 3.05 bits per heavy atom. The molecule has 0 radical (unpaired) electrons. The predicted molar refractivity (Wildman–Crippen MR) is 79.3 cm³/mol. The van der Waals surface area contributed by atoms with Gasteiger partial charge >= 0.3 is 6.03 Å². The zero-order valence-electron chi connectivity index (χ0n) is 12.3. The van der Waals surface area contributed by atoms with Crippen LogP contribution in [0.2, 0.25) is 0 Å². The average Bonchev–Trinajstić information content (AvgIpc) is 3.12. The smallest absolute Gasteiger partial charge is 0.320 e. The molecule has 0 fully saturated rings. The number of carbonyl (C=O) groups excluding carboxylic acids is 1. The number of rotatable bonds is 4. The second-order valence-corrected chi connectivity index (χ2v) is 5.04. The van der Waals surface area contributed by atoms with Gasteiger partial charge in [-0.2, -0.15) is 5.10 Å². The van der Waals surface area contributed by atoms with Crippen molar-refractivity contribution in [2.24, 2.45) is 0 Å². The molecule has 0 saturated carbocycles. The highest BCUT2D eigenvalue weighted by molar-refractivity contribution is 5.88. The summed E-state index contributed by atoms with van der Waals surface area (Å²) in [7, 11) is 0. The van der Waals surface area contributed by atoms with Crippen molar-refractivity contribution in [1.29, 1.82) is 0 Å². The van der Waals surface area contributed by atoms with Gasteiger partial charge < -0.3 is 5.32 Å². The van der Waals surface area contributed by atoms with Crippen LogP contribution in [0, 0.1) is 0 Å². The number of carbonyl (C=O) groups is 1. The molecule has 0 bridgehead atoms. The summed E-state index contributed by atoms with van der Waals surface area (Å²) in [5.74, 6) is 0.407. The number of amides is 2. The summed E-state index contributed by atoms with van der Waals surface area (Å²) in [6, 6.07) is 1.63. The van der Waals surface area contributed by atoms with E-state index >= 15 is 0 Å². The van der Waals surface area contributed by atoms with Crippen LogP contribution >= 0.6 is 0 Å². The summed E-state index contributed by atoms with van der Waals surface area (Å²) >= 11 is 0. The second kappa shape index (κ2) is 5.80. The van der Waals surface area contributed by atoms with E-state index < -0.39 is 0 Å². The van der Waals surface area contributed by atoms with E-state index in [4.69, 9.17) is 0 Å². The zero-order valence-corrected chi connectivity index (χ0v) is 12.3. The highest BCUT2D eigenvalue weighted by Gasteiger charge is 2.09. The van der Waals surface area contributed by atoms with Gasteiger partial charge in [-0.05, 0) is 19.9 Å². The lowest BCUT2D eigenvalue weighted by Crippen LogP contribution is -2.28. The Hall–Kier alpha value is -2.97. The van der Waals surface area contributed by atoms with Gasteiger partial charge in [0, 0.05) is 30.5 Å². The largest absolute Gasteiger partial charge is 0.334 e. The summed E-state index contributed by atoms with van der Waals surface area (Å²) in [5, 5.41) is 17.3. The van der Waals surface area contributed by atoms with Crippen LogP contribution < -0.4 is 10.6 Å². The Morgan fingerprint density at radius 2 is 2.27 bits per heavy atom. The molecule has 0 atom stereocenters. The topological polar surface area (TPSA) is 102 Å². The van der Waals surface area contributed by atoms with Gasteiger partial charge in [-0.1, -0.05) is 5.21 Å². The zero-order chi connectivity index (χ0) is 15.5.